The molecule has 2 saturated heterocycles. The van der Waals surface area contributed by atoms with Gasteiger partial charge in [-0.05, 0) is 57.9 Å². The third-order valence-corrected chi connectivity index (χ3v) is 8.43. The van der Waals surface area contributed by atoms with Crippen molar-refractivity contribution in [3.05, 3.63) is 11.5 Å². The van der Waals surface area contributed by atoms with Gasteiger partial charge in [0.25, 0.3) is 0 Å². The molecule has 0 aliphatic carbocycles. The molecule has 0 aromatic carbocycles. The predicted molar refractivity (Wildman–Crippen MR) is 114 cm³/mol. The lowest BCUT2D eigenvalue weighted by Crippen LogP contribution is -2.44. The van der Waals surface area contributed by atoms with Gasteiger partial charge >= 0.3 is 0 Å². The number of piperidine rings is 2. The summed E-state index contributed by atoms with van der Waals surface area (Å²) >= 11 is 0. The van der Waals surface area contributed by atoms with Crippen LogP contribution in [0.15, 0.2) is 9.42 Å². The van der Waals surface area contributed by atoms with Gasteiger partial charge in [-0.15, -0.1) is 0 Å². The van der Waals surface area contributed by atoms with E-state index in [1.807, 2.05) is 0 Å². The lowest BCUT2D eigenvalue weighted by atomic mass is 9.92. The molecule has 8 nitrogen and oxygen atoms in total. The number of hydrogen-bond donors (Lipinski definition) is 1. The number of aryl methyl sites for hydroxylation is 2. The summed E-state index contributed by atoms with van der Waals surface area (Å²) in [4.78, 5) is 15.2. The molecule has 30 heavy (non-hydrogen) atoms. The zero-order valence-electron chi connectivity index (χ0n) is 18.7. The number of carbonyl (C=O) groups is 1. The first-order valence-corrected chi connectivity index (χ1v) is 12.6. The van der Waals surface area contributed by atoms with E-state index in [9.17, 15) is 13.2 Å². The summed E-state index contributed by atoms with van der Waals surface area (Å²) in [6.07, 6.45) is 3.33. The molecule has 3 heterocycles. The molecule has 2 aliphatic rings. The van der Waals surface area contributed by atoms with E-state index in [1.54, 1.807) is 13.8 Å². The van der Waals surface area contributed by atoms with Crippen LogP contribution in [0.1, 0.15) is 51.0 Å². The lowest BCUT2D eigenvalue weighted by Gasteiger charge is -2.35. The first kappa shape index (κ1) is 23.2. The second-order valence-electron chi connectivity index (χ2n) is 9.18. The summed E-state index contributed by atoms with van der Waals surface area (Å²) < 4.78 is 32.3. The van der Waals surface area contributed by atoms with Gasteiger partial charge in [0.05, 0.1) is 0 Å². The van der Waals surface area contributed by atoms with Crippen LogP contribution in [0.4, 0.5) is 0 Å². The molecular weight excluding hydrogens is 404 g/mol. The molecule has 2 aliphatic heterocycles. The first-order valence-electron chi connectivity index (χ1n) is 11.1. The maximum absolute atomic E-state index is 12.9. The fourth-order valence-corrected chi connectivity index (χ4v) is 6.72. The Kier molecular flexibility index (Phi) is 7.57. The van der Waals surface area contributed by atoms with Crippen LogP contribution in [-0.2, 0) is 14.8 Å². The van der Waals surface area contributed by atoms with Gasteiger partial charge in [-0.2, -0.15) is 4.31 Å². The normalized spacial score (nSPS) is 24.8. The van der Waals surface area contributed by atoms with Gasteiger partial charge in [0.2, 0.25) is 15.9 Å². The first-order chi connectivity index (χ1) is 14.2. The minimum absolute atomic E-state index is 0.0461. The third-order valence-electron chi connectivity index (χ3n) is 6.29. The number of nitrogens with one attached hydrogen (secondary N) is 1. The number of likely N-dealkylation sites (tertiary alicyclic amines) is 1. The van der Waals surface area contributed by atoms with Gasteiger partial charge in [-0.25, -0.2) is 8.42 Å². The van der Waals surface area contributed by atoms with Crippen LogP contribution in [0, 0.1) is 31.6 Å². The summed E-state index contributed by atoms with van der Waals surface area (Å²) in [5.74, 6) is 1.72. The van der Waals surface area contributed by atoms with E-state index >= 15 is 0 Å². The molecule has 1 aromatic rings. The number of amides is 1. The highest BCUT2D eigenvalue weighted by Gasteiger charge is 2.35. The van der Waals surface area contributed by atoms with Gasteiger partial charge in [0.1, 0.15) is 10.6 Å². The summed E-state index contributed by atoms with van der Waals surface area (Å²) in [7, 11) is -3.63. The quantitative estimate of drug-likeness (QED) is 0.653. The van der Waals surface area contributed by atoms with E-state index in [2.05, 4.69) is 29.2 Å². The largest absolute Gasteiger partial charge is 0.360 e. The van der Waals surface area contributed by atoms with Crippen molar-refractivity contribution in [2.45, 2.75) is 58.3 Å². The predicted octanol–water partition coefficient (Wildman–Crippen LogP) is 2.18. The van der Waals surface area contributed by atoms with Crippen molar-refractivity contribution in [3.8, 4) is 0 Å². The molecule has 0 bridgehead atoms. The smallest absolute Gasteiger partial charge is 0.248 e. The maximum atomic E-state index is 12.9. The van der Waals surface area contributed by atoms with E-state index < -0.39 is 10.0 Å². The zero-order valence-corrected chi connectivity index (χ0v) is 19.5. The Morgan fingerprint density at radius 3 is 2.37 bits per heavy atom. The van der Waals surface area contributed by atoms with Crippen LogP contribution in [-0.4, -0.2) is 68.0 Å². The third kappa shape index (κ3) is 5.42. The summed E-state index contributed by atoms with van der Waals surface area (Å²) in [6, 6.07) is 0. The Morgan fingerprint density at radius 2 is 1.80 bits per heavy atom. The van der Waals surface area contributed by atoms with E-state index in [4.69, 9.17) is 4.52 Å². The zero-order chi connectivity index (χ0) is 21.9. The molecule has 2 atom stereocenters. The van der Waals surface area contributed by atoms with Gasteiger partial charge in [0.15, 0.2) is 5.76 Å². The standard InChI is InChI=1S/C21H36N4O4S/c1-15-12-16(2)14-24(13-15)9-5-8-22-21(26)19-6-10-25(11-7-19)30(27,28)20-17(3)23-29-18(20)4/h15-16,19H,5-14H2,1-4H3,(H,22,26)/t15-,16+. The molecular formula is C21H36N4O4S. The molecule has 1 amide bonds. The Morgan fingerprint density at radius 1 is 1.17 bits per heavy atom. The molecule has 0 radical (unpaired) electrons. The van der Waals surface area contributed by atoms with Crippen molar-refractivity contribution in [2.24, 2.45) is 17.8 Å². The highest BCUT2D eigenvalue weighted by molar-refractivity contribution is 7.89. The van der Waals surface area contributed by atoms with Crippen LogP contribution in [0.5, 0.6) is 0 Å². The van der Waals surface area contributed by atoms with Crippen LogP contribution in [0.2, 0.25) is 0 Å². The van der Waals surface area contributed by atoms with Crippen molar-refractivity contribution in [2.75, 3.05) is 39.3 Å². The van der Waals surface area contributed by atoms with Crippen LogP contribution in [0.25, 0.3) is 0 Å². The van der Waals surface area contributed by atoms with Crippen molar-refractivity contribution < 1.29 is 17.7 Å². The van der Waals surface area contributed by atoms with Crippen molar-refractivity contribution >= 4 is 15.9 Å². The fourth-order valence-electron chi connectivity index (χ4n) is 4.96. The average Bonchev–Trinajstić information content (AvgIpc) is 3.03. The van der Waals surface area contributed by atoms with Crippen molar-refractivity contribution in [3.63, 3.8) is 0 Å². The highest BCUT2D eigenvalue weighted by Crippen LogP contribution is 2.27. The Labute approximate surface area is 180 Å². The molecule has 9 heteroatoms. The Hall–Kier alpha value is -1.45. The monoisotopic (exact) mass is 440 g/mol. The van der Waals surface area contributed by atoms with Crippen LogP contribution in [0.3, 0.4) is 0 Å². The summed E-state index contributed by atoms with van der Waals surface area (Å²) in [5.41, 5.74) is 0.379. The van der Waals surface area contributed by atoms with Crippen LogP contribution < -0.4 is 5.32 Å². The van der Waals surface area contributed by atoms with Crippen molar-refractivity contribution in [1.29, 1.82) is 0 Å². The number of carbonyl (C=O) groups excluding carboxylic acids is 1. The van der Waals surface area contributed by atoms with E-state index in [0.717, 1.165) is 37.9 Å². The summed E-state index contributed by atoms with van der Waals surface area (Å²) in [5, 5.41) is 6.81. The molecule has 0 spiro atoms. The van der Waals surface area contributed by atoms with Gasteiger partial charge in [-0.1, -0.05) is 19.0 Å². The minimum atomic E-state index is -3.63. The molecule has 1 N–H and O–H groups in total. The molecule has 0 unspecified atom stereocenters. The second-order valence-corrected chi connectivity index (χ2v) is 11.1. The number of rotatable bonds is 7. The van der Waals surface area contributed by atoms with Crippen LogP contribution >= 0.6 is 0 Å². The van der Waals surface area contributed by atoms with Gasteiger partial charge < -0.3 is 14.7 Å². The average molecular weight is 441 g/mol. The van der Waals surface area contributed by atoms with E-state index in [1.165, 1.54) is 10.7 Å². The van der Waals surface area contributed by atoms with E-state index in [0.29, 0.717) is 43.9 Å². The molecule has 0 saturated carbocycles. The van der Waals surface area contributed by atoms with Gasteiger partial charge in [-0.3, -0.25) is 4.79 Å². The Balaban J connectivity index is 1.41. The fraction of sp³-hybridized carbons (Fsp3) is 0.810. The molecule has 170 valence electrons. The van der Waals surface area contributed by atoms with Gasteiger partial charge in [0, 0.05) is 38.6 Å². The SMILES string of the molecule is Cc1noc(C)c1S(=O)(=O)N1CCC(C(=O)NCCCN2C[C@H](C)C[C@H](C)C2)CC1. The lowest BCUT2D eigenvalue weighted by molar-refractivity contribution is -0.126. The second kappa shape index (κ2) is 9.78. The molecule has 2 fully saturated rings. The number of hydrogen-bond acceptors (Lipinski definition) is 6. The van der Waals surface area contributed by atoms with E-state index in [-0.39, 0.29) is 16.7 Å². The summed E-state index contributed by atoms with van der Waals surface area (Å²) in [6.45, 7) is 12.5. The molecule has 3 rings (SSSR count). The number of nitrogens with zero attached hydrogens (tertiary/aromatic N) is 3. The highest BCUT2D eigenvalue weighted by atomic mass is 32.2. The number of aromatic nitrogens is 1. The minimum Gasteiger partial charge on any atom is -0.360 e. The Bertz CT molecular complexity index is 801. The topological polar surface area (TPSA) is 95.8 Å². The number of sulfonamides is 1. The maximum Gasteiger partial charge on any atom is 0.248 e. The van der Waals surface area contributed by atoms with Crippen molar-refractivity contribution in [1.82, 2.24) is 19.7 Å². The molecule has 1 aromatic heterocycles.